The number of hydrogen-bond acceptors (Lipinski definition) is 5. The van der Waals surface area contributed by atoms with Crippen LogP contribution in [-0.2, 0) is 9.59 Å². The first-order chi connectivity index (χ1) is 13.4. The highest BCUT2D eigenvalue weighted by Gasteiger charge is 2.17. The molecule has 0 spiro atoms. The standard InChI is InChI=1S/C19H22ClN3O5/c1-13-11-14(20)7-8-15(13)27-10-4-6-17(24)21-22-18(25)12-23(2)19(26)16-5-3-9-28-16/h3,5,7-9,11H,4,6,10,12H2,1-2H3,(H,21,24)(H,22,25). The number of amides is 3. The van der Waals surface area contributed by atoms with E-state index in [1.54, 1.807) is 24.3 Å². The van der Waals surface area contributed by atoms with Gasteiger partial charge in [0, 0.05) is 18.5 Å². The largest absolute Gasteiger partial charge is 0.493 e. The normalized spacial score (nSPS) is 10.2. The second-order valence-electron chi connectivity index (χ2n) is 6.10. The zero-order valence-corrected chi connectivity index (χ0v) is 16.4. The minimum Gasteiger partial charge on any atom is -0.493 e. The average molecular weight is 408 g/mol. The molecule has 1 aromatic carbocycles. The van der Waals surface area contributed by atoms with E-state index >= 15 is 0 Å². The fourth-order valence-electron chi connectivity index (χ4n) is 2.31. The maximum Gasteiger partial charge on any atom is 0.289 e. The zero-order valence-electron chi connectivity index (χ0n) is 15.7. The summed E-state index contributed by atoms with van der Waals surface area (Å²) in [5, 5.41) is 0.636. The third-order valence-electron chi connectivity index (χ3n) is 3.74. The Morgan fingerprint density at radius 1 is 1.18 bits per heavy atom. The van der Waals surface area contributed by atoms with E-state index < -0.39 is 11.8 Å². The van der Waals surface area contributed by atoms with Crippen molar-refractivity contribution in [1.82, 2.24) is 15.8 Å². The van der Waals surface area contributed by atoms with Crippen LogP contribution in [0.15, 0.2) is 41.0 Å². The number of ether oxygens (including phenoxy) is 1. The predicted octanol–water partition coefficient (Wildman–Crippen LogP) is 2.32. The summed E-state index contributed by atoms with van der Waals surface area (Å²) in [6, 6.07) is 8.40. The van der Waals surface area contributed by atoms with Crippen LogP contribution in [0, 0.1) is 6.92 Å². The van der Waals surface area contributed by atoms with E-state index in [0.29, 0.717) is 23.8 Å². The molecule has 3 amide bonds. The highest BCUT2D eigenvalue weighted by molar-refractivity contribution is 6.30. The van der Waals surface area contributed by atoms with Gasteiger partial charge in [-0.25, -0.2) is 0 Å². The summed E-state index contributed by atoms with van der Waals surface area (Å²) in [7, 11) is 1.46. The van der Waals surface area contributed by atoms with E-state index in [0.717, 1.165) is 5.56 Å². The molecule has 0 aliphatic rings. The first kappa shape index (κ1) is 21.3. The third-order valence-corrected chi connectivity index (χ3v) is 3.98. The Hall–Kier alpha value is -3.00. The van der Waals surface area contributed by atoms with Crippen molar-refractivity contribution >= 4 is 29.3 Å². The minimum absolute atomic E-state index is 0.134. The summed E-state index contributed by atoms with van der Waals surface area (Å²) in [5.74, 6) is -0.465. The molecule has 0 saturated heterocycles. The van der Waals surface area contributed by atoms with Crippen molar-refractivity contribution in [3.63, 3.8) is 0 Å². The lowest BCUT2D eigenvalue weighted by Gasteiger charge is -2.15. The number of carbonyl (C=O) groups is 3. The molecule has 2 N–H and O–H groups in total. The van der Waals surface area contributed by atoms with Gasteiger partial charge in [-0.2, -0.15) is 0 Å². The summed E-state index contributed by atoms with van der Waals surface area (Å²) in [6.45, 7) is 2.01. The van der Waals surface area contributed by atoms with E-state index in [1.807, 2.05) is 6.92 Å². The number of rotatable bonds is 8. The van der Waals surface area contributed by atoms with Gasteiger partial charge < -0.3 is 14.1 Å². The second-order valence-corrected chi connectivity index (χ2v) is 6.53. The number of carbonyl (C=O) groups excluding carboxylic acids is 3. The average Bonchev–Trinajstić information content (AvgIpc) is 3.19. The van der Waals surface area contributed by atoms with Crippen LogP contribution in [0.25, 0.3) is 0 Å². The van der Waals surface area contributed by atoms with E-state index in [-0.39, 0.29) is 24.6 Å². The van der Waals surface area contributed by atoms with Crippen LogP contribution >= 0.6 is 11.6 Å². The molecule has 0 radical (unpaired) electrons. The highest BCUT2D eigenvalue weighted by Crippen LogP contribution is 2.21. The van der Waals surface area contributed by atoms with Crippen molar-refractivity contribution in [2.24, 2.45) is 0 Å². The molecule has 0 fully saturated rings. The molecule has 2 aromatic rings. The van der Waals surface area contributed by atoms with E-state index in [4.69, 9.17) is 20.8 Å². The van der Waals surface area contributed by atoms with Crippen molar-refractivity contribution in [2.45, 2.75) is 19.8 Å². The summed E-state index contributed by atoms with van der Waals surface area (Å²) in [4.78, 5) is 36.7. The monoisotopic (exact) mass is 407 g/mol. The smallest absolute Gasteiger partial charge is 0.289 e. The van der Waals surface area contributed by atoms with Gasteiger partial charge in [-0.3, -0.25) is 25.2 Å². The SMILES string of the molecule is Cc1cc(Cl)ccc1OCCCC(=O)NNC(=O)CN(C)C(=O)c1ccco1. The molecular weight excluding hydrogens is 386 g/mol. The number of hydrogen-bond donors (Lipinski definition) is 2. The molecule has 0 aliphatic heterocycles. The Labute approximate surface area is 167 Å². The molecular formula is C19H22ClN3O5. The van der Waals surface area contributed by atoms with Crippen LogP contribution in [0.5, 0.6) is 5.75 Å². The Bertz CT molecular complexity index is 823. The third kappa shape index (κ3) is 6.62. The minimum atomic E-state index is -0.524. The van der Waals surface area contributed by atoms with Crippen molar-refractivity contribution in [3.8, 4) is 5.75 Å². The summed E-state index contributed by atoms with van der Waals surface area (Å²) in [6.07, 6.45) is 2.02. The van der Waals surface area contributed by atoms with E-state index in [2.05, 4.69) is 10.9 Å². The Morgan fingerprint density at radius 2 is 1.93 bits per heavy atom. The fourth-order valence-corrected chi connectivity index (χ4v) is 2.53. The van der Waals surface area contributed by atoms with E-state index in [1.165, 1.54) is 24.3 Å². The molecule has 0 atom stereocenters. The van der Waals surface area contributed by atoms with Gasteiger partial charge in [-0.1, -0.05) is 11.6 Å². The maximum absolute atomic E-state index is 12.0. The molecule has 150 valence electrons. The van der Waals surface area contributed by atoms with Gasteiger partial charge in [0.1, 0.15) is 12.3 Å². The highest BCUT2D eigenvalue weighted by atomic mass is 35.5. The molecule has 0 unspecified atom stereocenters. The molecule has 0 aliphatic carbocycles. The zero-order chi connectivity index (χ0) is 20.5. The summed E-state index contributed by atoms with van der Waals surface area (Å²) < 4.78 is 10.6. The maximum atomic E-state index is 12.0. The molecule has 9 heteroatoms. The quantitative estimate of drug-likeness (QED) is 0.516. The van der Waals surface area contributed by atoms with Gasteiger partial charge in [0.15, 0.2) is 5.76 Å². The number of likely N-dealkylation sites (N-methyl/N-ethyl adjacent to an activating group) is 1. The van der Waals surface area contributed by atoms with Gasteiger partial charge in [-0.15, -0.1) is 0 Å². The Morgan fingerprint density at radius 3 is 2.61 bits per heavy atom. The second kappa shape index (κ2) is 10.4. The lowest BCUT2D eigenvalue weighted by atomic mass is 10.2. The van der Waals surface area contributed by atoms with Crippen LogP contribution in [0.2, 0.25) is 5.02 Å². The predicted molar refractivity (Wildman–Crippen MR) is 103 cm³/mol. The van der Waals surface area contributed by atoms with Gasteiger partial charge in [0.2, 0.25) is 5.91 Å². The Balaban J connectivity index is 1.62. The van der Waals surface area contributed by atoms with Gasteiger partial charge in [-0.05, 0) is 49.2 Å². The van der Waals surface area contributed by atoms with Gasteiger partial charge in [0.05, 0.1) is 12.9 Å². The fraction of sp³-hybridized carbons (Fsp3) is 0.316. The molecule has 0 bridgehead atoms. The number of hydrazine groups is 1. The summed E-state index contributed by atoms with van der Waals surface area (Å²) >= 11 is 5.89. The number of nitrogens with one attached hydrogen (secondary N) is 2. The first-order valence-electron chi connectivity index (χ1n) is 8.62. The lowest BCUT2D eigenvalue weighted by Crippen LogP contribution is -2.46. The molecule has 8 nitrogen and oxygen atoms in total. The van der Waals surface area contributed by atoms with Crippen LogP contribution in [0.1, 0.15) is 29.0 Å². The van der Waals surface area contributed by atoms with Crippen molar-refractivity contribution in [3.05, 3.63) is 52.9 Å². The van der Waals surface area contributed by atoms with Crippen molar-refractivity contribution in [2.75, 3.05) is 20.2 Å². The van der Waals surface area contributed by atoms with Crippen LogP contribution < -0.4 is 15.6 Å². The first-order valence-corrected chi connectivity index (χ1v) is 9.00. The molecule has 1 aromatic heterocycles. The number of halogens is 1. The molecule has 2 rings (SSSR count). The van der Waals surface area contributed by atoms with Crippen LogP contribution in [-0.4, -0.2) is 42.8 Å². The van der Waals surface area contributed by atoms with Gasteiger partial charge in [0.25, 0.3) is 11.8 Å². The summed E-state index contributed by atoms with van der Waals surface area (Å²) in [5.41, 5.74) is 5.49. The number of benzene rings is 1. The Kier molecular flexibility index (Phi) is 7.88. The number of furan rings is 1. The van der Waals surface area contributed by atoms with E-state index in [9.17, 15) is 14.4 Å². The lowest BCUT2D eigenvalue weighted by molar-refractivity contribution is -0.129. The van der Waals surface area contributed by atoms with Crippen LogP contribution in [0.3, 0.4) is 0 Å². The van der Waals surface area contributed by atoms with Crippen molar-refractivity contribution in [1.29, 1.82) is 0 Å². The van der Waals surface area contributed by atoms with Crippen LogP contribution in [0.4, 0.5) is 0 Å². The van der Waals surface area contributed by atoms with Crippen molar-refractivity contribution < 1.29 is 23.5 Å². The van der Waals surface area contributed by atoms with Gasteiger partial charge >= 0.3 is 0 Å². The number of nitrogens with zero attached hydrogens (tertiary/aromatic N) is 1. The molecule has 0 saturated carbocycles. The molecule has 28 heavy (non-hydrogen) atoms. The number of aryl methyl sites for hydroxylation is 1. The molecule has 1 heterocycles. The topological polar surface area (TPSA) is 101 Å².